The highest BCUT2D eigenvalue weighted by atomic mass is 35.5. The topological polar surface area (TPSA) is 87.4 Å². The molecule has 0 radical (unpaired) electrons. The van der Waals surface area contributed by atoms with Crippen LogP contribution >= 0.6 is 11.6 Å². The maximum atomic E-state index is 12.0. The first kappa shape index (κ1) is 12.2. The fraction of sp³-hybridized carbons (Fsp3) is 0.500. The van der Waals surface area contributed by atoms with E-state index in [1.807, 2.05) is 0 Å². The first-order chi connectivity index (χ1) is 9.19. The highest BCUT2D eigenvalue weighted by Gasteiger charge is 2.25. The lowest BCUT2D eigenvalue weighted by atomic mass is 9.87. The molecular weight excluding hydrogens is 266 g/mol. The molecule has 0 spiro atoms. The summed E-state index contributed by atoms with van der Waals surface area (Å²) in [5.74, 6) is 0.107. The number of nitriles is 1. The van der Waals surface area contributed by atoms with Crippen LogP contribution in [0.2, 0.25) is 5.28 Å². The summed E-state index contributed by atoms with van der Waals surface area (Å²) < 4.78 is 1.65. The molecule has 19 heavy (non-hydrogen) atoms. The van der Waals surface area contributed by atoms with Gasteiger partial charge < -0.3 is 4.98 Å². The molecule has 0 amide bonds. The maximum Gasteiger partial charge on any atom is 0.327 e. The molecule has 6 nitrogen and oxygen atoms in total. The highest BCUT2D eigenvalue weighted by Crippen LogP contribution is 2.32. The average molecular weight is 278 g/mol. The van der Waals surface area contributed by atoms with Gasteiger partial charge in [-0.3, -0.25) is 4.57 Å². The Kier molecular flexibility index (Phi) is 2.99. The zero-order valence-corrected chi connectivity index (χ0v) is 10.9. The smallest absolute Gasteiger partial charge is 0.303 e. The first-order valence-electron chi connectivity index (χ1n) is 6.21. The lowest BCUT2D eigenvalue weighted by Gasteiger charge is -2.25. The van der Waals surface area contributed by atoms with Gasteiger partial charge in [-0.25, -0.2) is 9.78 Å². The van der Waals surface area contributed by atoms with Crippen LogP contribution in [0.4, 0.5) is 0 Å². The molecule has 3 rings (SSSR count). The van der Waals surface area contributed by atoms with E-state index in [1.54, 1.807) is 4.57 Å². The summed E-state index contributed by atoms with van der Waals surface area (Å²) in [7, 11) is 0. The van der Waals surface area contributed by atoms with E-state index < -0.39 is 0 Å². The predicted octanol–water partition coefficient (Wildman–Crippen LogP) is 2.03. The Morgan fingerprint density at radius 3 is 2.84 bits per heavy atom. The van der Waals surface area contributed by atoms with Crippen LogP contribution in [-0.4, -0.2) is 19.5 Å². The molecule has 0 aromatic carbocycles. The Balaban J connectivity index is 2.01. The van der Waals surface area contributed by atoms with E-state index in [0.29, 0.717) is 11.2 Å². The first-order valence-corrected chi connectivity index (χ1v) is 6.59. The number of fused-ring (bicyclic) bond motifs is 1. The van der Waals surface area contributed by atoms with Gasteiger partial charge in [0.15, 0.2) is 5.65 Å². The summed E-state index contributed by atoms with van der Waals surface area (Å²) in [4.78, 5) is 22.8. The van der Waals surface area contributed by atoms with Crippen LogP contribution in [-0.2, 0) is 0 Å². The Morgan fingerprint density at radius 2 is 2.16 bits per heavy atom. The second-order valence-corrected chi connectivity index (χ2v) is 5.15. The van der Waals surface area contributed by atoms with E-state index >= 15 is 0 Å². The molecule has 1 N–H and O–H groups in total. The van der Waals surface area contributed by atoms with Crippen molar-refractivity contribution in [3.05, 3.63) is 22.0 Å². The third-order valence-corrected chi connectivity index (χ3v) is 3.85. The van der Waals surface area contributed by atoms with Gasteiger partial charge in [0, 0.05) is 12.0 Å². The molecule has 0 bridgehead atoms. The lowest BCUT2D eigenvalue weighted by molar-refractivity contribution is 0.312. The molecule has 0 aliphatic heterocycles. The number of hydrogen-bond acceptors (Lipinski definition) is 4. The normalized spacial score (nSPS) is 23.4. The quantitative estimate of drug-likeness (QED) is 0.808. The van der Waals surface area contributed by atoms with Gasteiger partial charge in [-0.15, -0.1) is 0 Å². The van der Waals surface area contributed by atoms with E-state index in [4.69, 9.17) is 16.9 Å². The molecule has 1 aliphatic carbocycles. The minimum absolute atomic E-state index is 0.0804. The highest BCUT2D eigenvalue weighted by molar-refractivity contribution is 6.28. The fourth-order valence-corrected chi connectivity index (χ4v) is 2.83. The van der Waals surface area contributed by atoms with Crippen molar-refractivity contribution in [2.75, 3.05) is 0 Å². The zero-order valence-electron chi connectivity index (χ0n) is 10.1. The van der Waals surface area contributed by atoms with Crippen molar-refractivity contribution in [2.45, 2.75) is 31.7 Å². The molecule has 1 aliphatic rings. The van der Waals surface area contributed by atoms with Crippen molar-refractivity contribution < 1.29 is 0 Å². The largest absolute Gasteiger partial charge is 0.327 e. The average Bonchev–Trinajstić information content (AvgIpc) is 2.74. The number of aromatic amines is 1. The number of hydrogen-bond donors (Lipinski definition) is 1. The molecule has 7 heteroatoms. The van der Waals surface area contributed by atoms with Gasteiger partial charge in [-0.05, 0) is 37.3 Å². The summed E-state index contributed by atoms with van der Waals surface area (Å²) in [6, 6.07) is 2.37. The SMILES string of the molecule is N#C[C@H]1CC[C@@H](n2c(=O)[nH]c3cnc(Cl)nc32)CC1. The Morgan fingerprint density at radius 1 is 1.42 bits per heavy atom. The van der Waals surface area contributed by atoms with Gasteiger partial charge in [0.1, 0.15) is 5.52 Å². The lowest BCUT2D eigenvalue weighted by Crippen LogP contribution is -2.26. The van der Waals surface area contributed by atoms with Crippen molar-refractivity contribution in [1.82, 2.24) is 19.5 Å². The molecule has 2 aromatic heterocycles. The summed E-state index contributed by atoms with van der Waals surface area (Å²) >= 11 is 5.79. The van der Waals surface area contributed by atoms with E-state index in [9.17, 15) is 4.79 Å². The van der Waals surface area contributed by atoms with Crippen molar-refractivity contribution in [2.24, 2.45) is 5.92 Å². The van der Waals surface area contributed by atoms with E-state index in [0.717, 1.165) is 25.7 Å². The summed E-state index contributed by atoms with van der Waals surface area (Å²) in [6.07, 6.45) is 4.78. The van der Waals surface area contributed by atoms with Gasteiger partial charge in [-0.2, -0.15) is 10.2 Å². The minimum Gasteiger partial charge on any atom is -0.303 e. The molecule has 98 valence electrons. The second-order valence-electron chi connectivity index (χ2n) is 4.81. The van der Waals surface area contributed by atoms with Crippen LogP contribution in [0.25, 0.3) is 11.2 Å². The summed E-state index contributed by atoms with van der Waals surface area (Å²) in [6.45, 7) is 0. The molecular formula is C12H12ClN5O. The number of imidazole rings is 1. The standard InChI is InChI=1S/C12H12ClN5O/c13-11-15-6-9-10(17-11)18(12(19)16-9)8-3-1-7(5-14)2-4-8/h6-8H,1-4H2,(H,16,19)/t7-,8+. The zero-order chi connectivity index (χ0) is 13.4. The molecule has 2 aromatic rings. The third-order valence-electron chi connectivity index (χ3n) is 3.67. The van der Waals surface area contributed by atoms with Crippen molar-refractivity contribution >= 4 is 22.8 Å². The monoisotopic (exact) mass is 277 g/mol. The molecule has 1 fully saturated rings. The minimum atomic E-state index is -0.188. The predicted molar refractivity (Wildman–Crippen MR) is 69.8 cm³/mol. The molecule has 0 saturated heterocycles. The van der Waals surface area contributed by atoms with E-state index in [-0.39, 0.29) is 22.9 Å². The number of rotatable bonds is 1. The van der Waals surface area contributed by atoms with Crippen LogP contribution in [0.5, 0.6) is 0 Å². The maximum absolute atomic E-state index is 12.0. The Labute approximate surface area is 114 Å². The Hall–Kier alpha value is -1.87. The molecule has 1 saturated carbocycles. The summed E-state index contributed by atoms with van der Waals surface area (Å²) in [5.41, 5.74) is 0.953. The number of H-pyrrole nitrogens is 1. The van der Waals surface area contributed by atoms with Crippen LogP contribution < -0.4 is 5.69 Å². The number of nitrogens with zero attached hydrogens (tertiary/aromatic N) is 4. The molecule has 0 atom stereocenters. The van der Waals surface area contributed by atoms with Gasteiger partial charge in [0.25, 0.3) is 0 Å². The van der Waals surface area contributed by atoms with Crippen molar-refractivity contribution in [1.29, 1.82) is 5.26 Å². The van der Waals surface area contributed by atoms with E-state index in [1.165, 1.54) is 6.20 Å². The van der Waals surface area contributed by atoms with Gasteiger partial charge >= 0.3 is 5.69 Å². The van der Waals surface area contributed by atoms with Gasteiger partial charge in [-0.1, -0.05) is 0 Å². The van der Waals surface area contributed by atoms with Crippen LogP contribution in [0.15, 0.2) is 11.0 Å². The molecule has 2 heterocycles. The van der Waals surface area contributed by atoms with Crippen LogP contribution in [0, 0.1) is 17.2 Å². The van der Waals surface area contributed by atoms with Crippen molar-refractivity contribution in [3.8, 4) is 6.07 Å². The third kappa shape index (κ3) is 2.10. The van der Waals surface area contributed by atoms with Crippen LogP contribution in [0.1, 0.15) is 31.7 Å². The molecule has 0 unspecified atom stereocenters. The van der Waals surface area contributed by atoms with E-state index in [2.05, 4.69) is 21.0 Å². The van der Waals surface area contributed by atoms with Crippen LogP contribution in [0.3, 0.4) is 0 Å². The number of nitrogens with one attached hydrogen (secondary N) is 1. The number of aromatic nitrogens is 4. The summed E-state index contributed by atoms with van der Waals surface area (Å²) in [5, 5.41) is 9.04. The fourth-order valence-electron chi connectivity index (χ4n) is 2.70. The van der Waals surface area contributed by atoms with Gasteiger partial charge in [0.2, 0.25) is 5.28 Å². The van der Waals surface area contributed by atoms with Gasteiger partial charge in [0.05, 0.1) is 12.3 Å². The second kappa shape index (κ2) is 4.67. The Bertz CT molecular complexity index is 705. The van der Waals surface area contributed by atoms with Crippen molar-refractivity contribution in [3.63, 3.8) is 0 Å². The number of halogens is 1.